The lowest BCUT2D eigenvalue weighted by Gasteiger charge is -2.13. The van der Waals surface area contributed by atoms with Crippen molar-refractivity contribution in [2.24, 2.45) is 0 Å². The van der Waals surface area contributed by atoms with Gasteiger partial charge in [0.05, 0.1) is 12.2 Å². The first kappa shape index (κ1) is 14.7. The Kier molecular flexibility index (Phi) is 8.37. The van der Waals surface area contributed by atoms with Crippen LogP contribution in [0.15, 0.2) is 12.2 Å². The highest BCUT2D eigenvalue weighted by Gasteiger charge is 2.19. The van der Waals surface area contributed by atoms with Crippen molar-refractivity contribution in [1.82, 2.24) is 0 Å². The predicted octanol–water partition coefficient (Wildman–Crippen LogP) is 4.10. The molecule has 2 unspecified atom stereocenters. The van der Waals surface area contributed by atoms with Gasteiger partial charge >= 0.3 is 0 Å². The maximum atomic E-state index is 5.80. The van der Waals surface area contributed by atoms with E-state index in [0.717, 1.165) is 19.6 Å². The van der Waals surface area contributed by atoms with Crippen LogP contribution in [0.25, 0.3) is 0 Å². The Morgan fingerprint density at radius 2 is 1.29 bits per heavy atom. The molecule has 2 heteroatoms. The quantitative estimate of drug-likeness (QED) is 0.423. The zero-order valence-electron chi connectivity index (χ0n) is 11.5. The van der Waals surface area contributed by atoms with Crippen LogP contribution in [0, 0.1) is 0 Å². The van der Waals surface area contributed by atoms with Gasteiger partial charge in [-0.05, 0) is 12.8 Å². The van der Waals surface area contributed by atoms with E-state index in [1.54, 1.807) is 0 Å². The summed E-state index contributed by atoms with van der Waals surface area (Å²) >= 11 is 0. The average molecular weight is 240 g/mol. The molecule has 0 aromatic rings. The standard InChI is InChI=1S/C15H28O2/c1-3-5-7-11-16-14-9-10-15(13-14)17-12-8-6-4-2/h9-10,14-15H,3-8,11-13H2,1-2H3. The second-order valence-electron chi connectivity index (χ2n) is 4.85. The fourth-order valence-electron chi connectivity index (χ4n) is 2.05. The Morgan fingerprint density at radius 3 is 1.71 bits per heavy atom. The molecule has 0 spiro atoms. The van der Waals surface area contributed by atoms with Gasteiger partial charge in [0.1, 0.15) is 0 Å². The lowest BCUT2D eigenvalue weighted by Crippen LogP contribution is -2.15. The molecule has 0 aromatic carbocycles. The van der Waals surface area contributed by atoms with Gasteiger partial charge in [0.2, 0.25) is 0 Å². The molecule has 0 heterocycles. The monoisotopic (exact) mass is 240 g/mol. The third-order valence-electron chi connectivity index (χ3n) is 3.16. The van der Waals surface area contributed by atoms with E-state index in [4.69, 9.17) is 9.47 Å². The first-order valence-electron chi connectivity index (χ1n) is 7.28. The van der Waals surface area contributed by atoms with Crippen molar-refractivity contribution in [3.8, 4) is 0 Å². The van der Waals surface area contributed by atoms with Crippen LogP contribution in [0.1, 0.15) is 58.8 Å². The molecule has 0 saturated heterocycles. The van der Waals surface area contributed by atoms with E-state index >= 15 is 0 Å². The van der Waals surface area contributed by atoms with Crippen molar-refractivity contribution in [3.63, 3.8) is 0 Å². The summed E-state index contributed by atoms with van der Waals surface area (Å²) in [4.78, 5) is 0. The maximum Gasteiger partial charge on any atom is 0.0784 e. The molecular formula is C15H28O2. The normalized spacial score (nSPS) is 23.4. The van der Waals surface area contributed by atoms with Crippen molar-refractivity contribution >= 4 is 0 Å². The van der Waals surface area contributed by atoms with Gasteiger partial charge in [0.15, 0.2) is 0 Å². The molecular weight excluding hydrogens is 212 g/mol. The molecule has 0 aliphatic heterocycles. The fourth-order valence-corrected chi connectivity index (χ4v) is 2.05. The van der Waals surface area contributed by atoms with E-state index in [1.807, 2.05) is 0 Å². The van der Waals surface area contributed by atoms with Crippen LogP contribution in [0.3, 0.4) is 0 Å². The number of unbranched alkanes of at least 4 members (excludes halogenated alkanes) is 4. The van der Waals surface area contributed by atoms with E-state index in [9.17, 15) is 0 Å². The number of hydrogen-bond acceptors (Lipinski definition) is 2. The molecule has 0 radical (unpaired) electrons. The minimum atomic E-state index is 0.294. The molecule has 0 bridgehead atoms. The highest BCUT2D eigenvalue weighted by Crippen LogP contribution is 2.18. The molecule has 2 nitrogen and oxygen atoms in total. The minimum Gasteiger partial charge on any atom is -0.374 e. The Balaban J connectivity index is 1.97. The first-order chi connectivity index (χ1) is 8.36. The number of ether oxygens (including phenoxy) is 2. The van der Waals surface area contributed by atoms with E-state index in [0.29, 0.717) is 12.2 Å². The van der Waals surface area contributed by atoms with Gasteiger partial charge in [-0.2, -0.15) is 0 Å². The lowest BCUT2D eigenvalue weighted by atomic mass is 10.2. The van der Waals surface area contributed by atoms with Crippen LogP contribution < -0.4 is 0 Å². The molecule has 1 aliphatic rings. The van der Waals surface area contributed by atoms with Crippen molar-refractivity contribution < 1.29 is 9.47 Å². The molecule has 1 rings (SSSR count). The smallest absolute Gasteiger partial charge is 0.0784 e. The van der Waals surface area contributed by atoms with Crippen molar-refractivity contribution in [1.29, 1.82) is 0 Å². The third kappa shape index (κ3) is 6.85. The highest BCUT2D eigenvalue weighted by molar-refractivity contribution is 5.04. The Labute approximate surface area is 106 Å². The maximum absolute atomic E-state index is 5.80. The van der Waals surface area contributed by atoms with Crippen molar-refractivity contribution in [2.75, 3.05) is 13.2 Å². The zero-order valence-corrected chi connectivity index (χ0v) is 11.5. The highest BCUT2D eigenvalue weighted by atomic mass is 16.5. The van der Waals surface area contributed by atoms with Gasteiger partial charge in [0, 0.05) is 19.6 Å². The van der Waals surface area contributed by atoms with Gasteiger partial charge in [-0.3, -0.25) is 0 Å². The second kappa shape index (κ2) is 9.67. The van der Waals surface area contributed by atoms with Crippen LogP contribution in [-0.4, -0.2) is 25.4 Å². The van der Waals surface area contributed by atoms with Crippen molar-refractivity contribution in [3.05, 3.63) is 12.2 Å². The van der Waals surface area contributed by atoms with Crippen LogP contribution in [0.2, 0.25) is 0 Å². The molecule has 0 N–H and O–H groups in total. The predicted molar refractivity (Wildman–Crippen MR) is 72.3 cm³/mol. The summed E-state index contributed by atoms with van der Waals surface area (Å²) in [5.74, 6) is 0. The largest absolute Gasteiger partial charge is 0.374 e. The molecule has 1 aliphatic carbocycles. The number of hydrogen-bond donors (Lipinski definition) is 0. The van der Waals surface area contributed by atoms with Gasteiger partial charge < -0.3 is 9.47 Å². The van der Waals surface area contributed by atoms with E-state index in [-0.39, 0.29) is 0 Å². The first-order valence-corrected chi connectivity index (χ1v) is 7.28. The molecule has 0 fully saturated rings. The van der Waals surface area contributed by atoms with Gasteiger partial charge in [-0.15, -0.1) is 0 Å². The second-order valence-corrected chi connectivity index (χ2v) is 4.85. The summed E-state index contributed by atoms with van der Waals surface area (Å²) in [5, 5.41) is 0. The minimum absolute atomic E-state index is 0.294. The summed E-state index contributed by atoms with van der Waals surface area (Å²) in [6, 6.07) is 0. The van der Waals surface area contributed by atoms with E-state index in [1.165, 1.54) is 38.5 Å². The van der Waals surface area contributed by atoms with Crippen molar-refractivity contribution in [2.45, 2.75) is 71.0 Å². The molecule has 0 saturated carbocycles. The third-order valence-corrected chi connectivity index (χ3v) is 3.16. The number of rotatable bonds is 10. The summed E-state index contributed by atoms with van der Waals surface area (Å²) in [6.07, 6.45) is 13.4. The Morgan fingerprint density at radius 1 is 0.824 bits per heavy atom. The molecule has 0 amide bonds. The van der Waals surface area contributed by atoms with Crippen LogP contribution in [0.4, 0.5) is 0 Å². The van der Waals surface area contributed by atoms with Crippen LogP contribution in [-0.2, 0) is 9.47 Å². The molecule has 17 heavy (non-hydrogen) atoms. The van der Waals surface area contributed by atoms with E-state index in [2.05, 4.69) is 26.0 Å². The summed E-state index contributed by atoms with van der Waals surface area (Å²) < 4.78 is 11.6. The van der Waals surface area contributed by atoms with E-state index < -0.39 is 0 Å². The Hall–Kier alpha value is -0.340. The average Bonchev–Trinajstić information content (AvgIpc) is 2.78. The van der Waals surface area contributed by atoms with Gasteiger partial charge in [0.25, 0.3) is 0 Å². The lowest BCUT2D eigenvalue weighted by molar-refractivity contribution is 0.0304. The molecule has 100 valence electrons. The van der Waals surface area contributed by atoms with Crippen LogP contribution in [0.5, 0.6) is 0 Å². The summed E-state index contributed by atoms with van der Waals surface area (Å²) in [7, 11) is 0. The zero-order chi connectivity index (χ0) is 12.3. The topological polar surface area (TPSA) is 18.5 Å². The van der Waals surface area contributed by atoms with Crippen LogP contribution >= 0.6 is 0 Å². The SMILES string of the molecule is CCCCCOC1C=CC(OCCCCC)C1. The summed E-state index contributed by atoms with van der Waals surface area (Å²) in [5.41, 5.74) is 0. The molecule has 2 atom stereocenters. The van der Waals surface area contributed by atoms with Gasteiger partial charge in [-0.1, -0.05) is 51.7 Å². The fraction of sp³-hybridized carbons (Fsp3) is 0.867. The summed E-state index contributed by atoms with van der Waals surface area (Å²) in [6.45, 7) is 6.22. The molecule has 0 aromatic heterocycles. The Bertz CT molecular complexity index is 181. The van der Waals surface area contributed by atoms with Gasteiger partial charge in [-0.25, -0.2) is 0 Å².